The fourth-order valence-corrected chi connectivity index (χ4v) is 11.0. The van der Waals surface area contributed by atoms with E-state index in [0.29, 0.717) is 78.2 Å². The summed E-state index contributed by atoms with van der Waals surface area (Å²) in [5.41, 5.74) is 5.09. The molecular formula is C46H40N10O10S4. The number of carboxylic acids is 2. The number of hydrogen-bond acceptors (Lipinski definition) is 17. The second-order valence-corrected chi connectivity index (χ2v) is 21.0. The quantitative estimate of drug-likeness (QED) is 0.0471. The van der Waals surface area contributed by atoms with Gasteiger partial charge in [0.25, 0.3) is 20.2 Å². The van der Waals surface area contributed by atoms with Gasteiger partial charge in [-0.05, 0) is 142 Å². The van der Waals surface area contributed by atoms with Crippen LogP contribution in [0, 0.1) is 45.9 Å². The van der Waals surface area contributed by atoms with Crippen LogP contribution in [-0.4, -0.2) is 72.8 Å². The van der Waals surface area contributed by atoms with Crippen molar-refractivity contribution in [1.82, 2.24) is 24.7 Å². The van der Waals surface area contributed by atoms with Crippen molar-refractivity contribution in [2.45, 2.75) is 70.6 Å². The lowest BCUT2D eigenvalue weighted by atomic mass is 10.0. The summed E-state index contributed by atoms with van der Waals surface area (Å²) in [5.74, 6) is -1.96. The fraction of sp³-hybridized carbons (Fsp3) is 0.196. The van der Waals surface area contributed by atoms with Gasteiger partial charge >= 0.3 is 11.9 Å². The number of carboxylic acid groups (broad SMARTS) is 2. The SMILES string of the molecule is CCCCc1nn(-c2nc3ccc(S(=O)(=O)O)cc3s2)c(N=Nc2c(C)cc(N(c3nc4ccc(S(=O)(=O)O)cc4s3)c3c(C)cc(C(=O)O)cc3C)nc2Nc2c(C)cc(C(=O)O)cc2C)c1C#N. The van der Waals surface area contributed by atoms with Gasteiger partial charge in [0, 0.05) is 5.69 Å². The number of carbonyl (C=O) groups is 2. The summed E-state index contributed by atoms with van der Waals surface area (Å²) in [4.78, 5) is 39.9. The van der Waals surface area contributed by atoms with Gasteiger partial charge in [0.1, 0.15) is 23.1 Å². The highest BCUT2D eigenvalue weighted by Crippen LogP contribution is 2.45. The summed E-state index contributed by atoms with van der Waals surface area (Å²) in [5, 5.41) is 48.4. The van der Waals surface area contributed by atoms with Gasteiger partial charge in [-0.25, -0.2) is 24.5 Å². The highest BCUT2D eigenvalue weighted by atomic mass is 32.2. The molecular weight excluding hydrogens is 981 g/mol. The number of hydrogen-bond donors (Lipinski definition) is 5. The van der Waals surface area contributed by atoms with E-state index in [1.165, 1.54) is 65.3 Å². The number of aryl methyl sites for hydroxylation is 6. The van der Waals surface area contributed by atoms with E-state index < -0.39 is 32.2 Å². The third-order valence-corrected chi connectivity index (χ3v) is 14.8. The molecule has 0 atom stereocenters. The molecule has 0 saturated carbocycles. The van der Waals surface area contributed by atoms with Crippen LogP contribution in [0.15, 0.2) is 86.7 Å². The summed E-state index contributed by atoms with van der Waals surface area (Å²) in [6, 6.07) is 17.8. The molecule has 20 nitrogen and oxygen atoms in total. The molecule has 8 aromatic rings. The number of nitrogens with one attached hydrogen (secondary N) is 1. The first-order valence-corrected chi connectivity index (χ1v) is 25.6. The van der Waals surface area contributed by atoms with Crippen LogP contribution >= 0.6 is 22.7 Å². The highest BCUT2D eigenvalue weighted by molar-refractivity contribution is 7.86. The molecule has 70 heavy (non-hydrogen) atoms. The van der Waals surface area contributed by atoms with Gasteiger partial charge in [0.2, 0.25) is 5.13 Å². The number of rotatable bonds is 15. The van der Waals surface area contributed by atoms with Gasteiger partial charge < -0.3 is 15.5 Å². The van der Waals surface area contributed by atoms with Crippen LogP contribution in [0.5, 0.6) is 0 Å². The third-order valence-electron chi connectivity index (χ3n) is 11.1. The van der Waals surface area contributed by atoms with E-state index in [1.807, 2.05) is 6.92 Å². The minimum atomic E-state index is -4.58. The molecule has 0 aliphatic heterocycles. The number of benzene rings is 4. The molecule has 0 saturated heterocycles. The Morgan fingerprint density at radius 3 is 1.86 bits per heavy atom. The molecule has 0 unspecified atom stereocenters. The molecule has 0 radical (unpaired) electrons. The predicted octanol–water partition coefficient (Wildman–Crippen LogP) is 10.8. The van der Waals surface area contributed by atoms with E-state index in [4.69, 9.17) is 20.2 Å². The molecule has 0 fully saturated rings. The molecule has 0 aliphatic rings. The normalized spacial score (nSPS) is 12.0. The zero-order valence-electron chi connectivity index (χ0n) is 37.9. The summed E-state index contributed by atoms with van der Waals surface area (Å²) >= 11 is 2.13. The molecule has 4 heterocycles. The minimum absolute atomic E-state index is 0.000367. The van der Waals surface area contributed by atoms with Crippen LogP contribution in [-0.2, 0) is 26.7 Å². The number of nitriles is 1. The number of pyridine rings is 1. The zero-order valence-corrected chi connectivity index (χ0v) is 41.1. The molecule has 358 valence electrons. The van der Waals surface area contributed by atoms with E-state index in [-0.39, 0.29) is 59.9 Å². The van der Waals surface area contributed by atoms with E-state index in [2.05, 4.69) is 21.5 Å². The van der Waals surface area contributed by atoms with Crippen molar-refractivity contribution in [3.05, 3.63) is 117 Å². The molecule has 0 amide bonds. The van der Waals surface area contributed by atoms with Gasteiger partial charge in [-0.3, -0.25) is 14.0 Å². The molecule has 8 rings (SSSR count). The zero-order chi connectivity index (χ0) is 50.6. The number of anilines is 5. The Balaban J connectivity index is 1.37. The molecule has 0 spiro atoms. The van der Waals surface area contributed by atoms with Gasteiger partial charge in [0.05, 0.1) is 52.7 Å². The van der Waals surface area contributed by atoms with Crippen molar-refractivity contribution in [3.8, 4) is 11.2 Å². The van der Waals surface area contributed by atoms with Crippen molar-refractivity contribution in [1.29, 1.82) is 5.26 Å². The van der Waals surface area contributed by atoms with Crippen molar-refractivity contribution in [2.75, 3.05) is 10.2 Å². The van der Waals surface area contributed by atoms with Crippen LogP contribution in [0.3, 0.4) is 0 Å². The maximum atomic E-state index is 12.2. The van der Waals surface area contributed by atoms with Crippen molar-refractivity contribution < 1.29 is 45.7 Å². The third kappa shape index (κ3) is 9.57. The van der Waals surface area contributed by atoms with Crippen LogP contribution in [0.4, 0.5) is 39.6 Å². The lowest BCUT2D eigenvalue weighted by molar-refractivity contribution is 0.0686. The Morgan fingerprint density at radius 1 is 0.757 bits per heavy atom. The fourth-order valence-electron chi connectivity index (χ4n) is 7.82. The summed E-state index contributed by atoms with van der Waals surface area (Å²) in [6.07, 6.45) is 1.88. The van der Waals surface area contributed by atoms with E-state index in [0.717, 1.165) is 29.1 Å². The molecule has 0 aliphatic carbocycles. The lowest BCUT2D eigenvalue weighted by Crippen LogP contribution is -2.16. The number of thiazole rings is 2. The van der Waals surface area contributed by atoms with E-state index >= 15 is 0 Å². The molecule has 5 N–H and O–H groups in total. The van der Waals surface area contributed by atoms with Gasteiger partial charge in [-0.1, -0.05) is 36.0 Å². The topological polar surface area (TPSA) is 304 Å². The first kappa shape index (κ1) is 48.9. The van der Waals surface area contributed by atoms with Gasteiger partial charge in [0.15, 0.2) is 16.8 Å². The maximum Gasteiger partial charge on any atom is 0.335 e. The second kappa shape index (κ2) is 18.8. The van der Waals surface area contributed by atoms with Gasteiger partial charge in [-0.2, -0.15) is 31.9 Å². The molecule has 4 aromatic carbocycles. The average molecular weight is 1020 g/mol. The summed E-state index contributed by atoms with van der Waals surface area (Å²) in [6.45, 7) is 10.6. The monoisotopic (exact) mass is 1020 g/mol. The average Bonchev–Trinajstić information content (AvgIpc) is 4.01. The summed E-state index contributed by atoms with van der Waals surface area (Å²) in [7, 11) is -9.11. The Hall–Kier alpha value is -7.53. The van der Waals surface area contributed by atoms with Crippen LogP contribution in [0.1, 0.15) is 79.6 Å². The number of aromatic nitrogens is 5. The van der Waals surface area contributed by atoms with Crippen LogP contribution < -0.4 is 10.2 Å². The minimum Gasteiger partial charge on any atom is -0.478 e. The Morgan fingerprint density at radius 2 is 1.31 bits per heavy atom. The Labute approximate surface area is 407 Å². The molecule has 0 bridgehead atoms. The van der Waals surface area contributed by atoms with Crippen LogP contribution in [0.2, 0.25) is 0 Å². The number of nitrogens with zero attached hydrogens (tertiary/aromatic N) is 9. The van der Waals surface area contributed by atoms with E-state index in [9.17, 15) is 51.0 Å². The highest BCUT2D eigenvalue weighted by Gasteiger charge is 2.28. The standard InChI is InChI=1S/C46H40N10O10S4/c1-7-8-9-32-31(21-47)42(56(54-32)46-49-34-13-11-30(70(64,65)66)20-36(34)68-46)53-52-39-24(4)18-37(50-41(39)51-38-22(2)14-27(43(57)58)15-23(38)3)55(40-25(5)16-28(44(59)60)17-26(40)6)45-48-33-12-10-29(69(61,62)63)19-35(33)67-45/h10-20H,7-9H2,1-6H3,(H,50,51)(H,57,58)(H,59,60)(H,61,62,63)(H,64,65,66). The first-order chi connectivity index (χ1) is 33.1. The number of azo groups is 1. The number of aromatic carboxylic acids is 2. The predicted molar refractivity (Wildman–Crippen MR) is 263 cm³/mol. The molecule has 24 heteroatoms. The van der Waals surface area contributed by atoms with Crippen molar-refractivity contribution >= 4 is 115 Å². The number of unbranched alkanes of at least 4 members (excludes halogenated alkanes) is 1. The lowest BCUT2D eigenvalue weighted by Gasteiger charge is -2.27. The smallest absolute Gasteiger partial charge is 0.335 e. The van der Waals surface area contributed by atoms with Crippen molar-refractivity contribution in [3.63, 3.8) is 0 Å². The first-order valence-electron chi connectivity index (χ1n) is 21.0. The van der Waals surface area contributed by atoms with Crippen LogP contribution in [0.25, 0.3) is 25.6 Å². The van der Waals surface area contributed by atoms with Gasteiger partial charge in [-0.15, -0.1) is 10.2 Å². The largest absolute Gasteiger partial charge is 0.478 e. The number of fused-ring (bicyclic) bond motifs is 2. The maximum absolute atomic E-state index is 12.2. The second-order valence-electron chi connectivity index (χ2n) is 16.2. The molecule has 4 aromatic heterocycles. The summed E-state index contributed by atoms with van der Waals surface area (Å²) < 4.78 is 70.0. The Kier molecular flexibility index (Phi) is 13.1. The van der Waals surface area contributed by atoms with Crippen molar-refractivity contribution in [2.24, 2.45) is 10.2 Å². The van der Waals surface area contributed by atoms with E-state index in [1.54, 1.807) is 45.6 Å². The Bertz CT molecular complexity index is 3750.